The van der Waals surface area contributed by atoms with Gasteiger partial charge in [-0.2, -0.15) is 0 Å². The second-order valence-corrected chi connectivity index (χ2v) is 3.76. The second kappa shape index (κ2) is 8.32. The maximum Gasteiger partial charge on any atom is 0.130 e. The first-order valence-corrected chi connectivity index (χ1v) is 5.47. The van der Waals surface area contributed by atoms with Gasteiger partial charge in [-0.05, 0) is 25.8 Å². The Morgan fingerprint density at radius 2 is 2.13 bits per heavy atom. The minimum absolute atomic E-state index is 0.211. The smallest absolute Gasteiger partial charge is 0.130 e. The van der Waals surface area contributed by atoms with Crippen LogP contribution in [0.15, 0.2) is 23.8 Å². The van der Waals surface area contributed by atoms with E-state index < -0.39 is 0 Å². The van der Waals surface area contributed by atoms with Crippen LogP contribution in [-0.2, 0) is 4.79 Å². The Morgan fingerprint density at radius 1 is 1.47 bits per heavy atom. The van der Waals surface area contributed by atoms with Crippen molar-refractivity contribution in [3.63, 3.8) is 0 Å². The summed E-state index contributed by atoms with van der Waals surface area (Å²) in [5, 5.41) is 0. The first-order valence-electron chi connectivity index (χ1n) is 4.94. The molecular weight excluding hydrogens is 208 g/mol. The van der Waals surface area contributed by atoms with Gasteiger partial charge in [0.2, 0.25) is 0 Å². The van der Waals surface area contributed by atoms with E-state index in [1.165, 1.54) is 0 Å². The zero-order chi connectivity index (χ0) is 11.7. The summed E-state index contributed by atoms with van der Waals surface area (Å²) in [7, 11) is 0. The van der Waals surface area contributed by atoms with Gasteiger partial charge in [0.15, 0.2) is 0 Å². The Bertz CT molecular complexity index is 315. The van der Waals surface area contributed by atoms with Crippen molar-refractivity contribution in [3.05, 3.63) is 23.8 Å². The third kappa shape index (κ3) is 9.31. The number of ketones is 1. The van der Waals surface area contributed by atoms with E-state index in [4.69, 9.17) is 11.6 Å². The van der Waals surface area contributed by atoms with Crippen molar-refractivity contribution in [1.29, 1.82) is 0 Å². The Hall–Kier alpha value is -1.00. The third-order valence-electron chi connectivity index (χ3n) is 1.76. The molecule has 0 aliphatic carbocycles. The molecule has 0 atom stereocenters. The van der Waals surface area contributed by atoms with E-state index >= 15 is 0 Å². The number of carbonyl (C=O) groups excluding carboxylic acids is 1. The molecule has 0 saturated heterocycles. The largest absolute Gasteiger partial charge is 0.300 e. The molecule has 0 amide bonds. The van der Waals surface area contributed by atoms with Crippen molar-refractivity contribution in [2.75, 3.05) is 5.88 Å². The highest BCUT2D eigenvalue weighted by Gasteiger charge is 1.90. The van der Waals surface area contributed by atoms with Crippen LogP contribution >= 0.6 is 11.6 Å². The molecule has 0 spiro atoms. The van der Waals surface area contributed by atoms with Crippen LogP contribution in [0.4, 0.5) is 0 Å². The van der Waals surface area contributed by atoms with Gasteiger partial charge in [-0.3, -0.25) is 0 Å². The molecule has 0 fully saturated rings. The van der Waals surface area contributed by atoms with E-state index in [0.29, 0.717) is 18.7 Å². The second-order valence-electron chi connectivity index (χ2n) is 3.49. The fourth-order valence-corrected chi connectivity index (χ4v) is 0.993. The van der Waals surface area contributed by atoms with Crippen LogP contribution in [0.2, 0.25) is 0 Å². The van der Waals surface area contributed by atoms with Crippen LogP contribution in [0.25, 0.3) is 0 Å². The molecule has 0 N–H and O–H groups in total. The van der Waals surface area contributed by atoms with Gasteiger partial charge in [0, 0.05) is 18.7 Å². The van der Waals surface area contributed by atoms with Gasteiger partial charge in [-0.25, -0.2) is 0 Å². The molecule has 0 bridgehead atoms. The summed E-state index contributed by atoms with van der Waals surface area (Å²) in [6, 6.07) is 0. The number of allylic oxidation sites excluding steroid dienone is 3. The van der Waals surface area contributed by atoms with Gasteiger partial charge in [0.1, 0.15) is 5.78 Å². The Kier molecular flexibility index (Phi) is 7.77. The minimum Gasteiger partial charge on any atom is -0.300 e. The van der Waals surface area contributed by atoms with Crippen molar-refractivity contribution in [3.8, 4) is 11.8 Å². The molecule has 0 aromatic carbocycles. The molecule has 0 aromatic rings. The molecule has 82 valence electrons. The summed E-state index contributed by atoms with van der Waals surface area (Å²) in [4.78, 5) is 10.7. The predicted octanol–water partition coefficient (Wildman–Crippen LogP) is 3.49. The van der Waals surface area contributed by atoms with Crippen LogP contribution in [0.1, 0.15) is 33.1 Å². The summed E-state index contributed by atoms with van der Waals surface area (Å²) in [5.74, 6) is 6.66. The average molecular weight is 225 g/mol. The van der Waals surface area contributed by atoms with Gasteiger partial charge in [-0.1, -0.05) is 30.1 Å². The third-order valence-corrected chi connectivity index (χ3v) is 2.14. The summed E-state index contributed by atoms with van der Waals surface area (Å²) < 4.78 is 0. The molecular formula is C13H17ClO. The van der Waals surface area contributed by atoms with Gasteiger partial charge in [0.05, 0.1) is 0 Å². The van der Waals surface area contributed by atoms with Gasteiger partial charge < -0.3 is 4.79 Å². The fourth-order valence-electron chi connectivity index (χ4n) is 0.899. The first-order chi connectivity index (χ1) is 7.06. The minimum atomic E-state index is 0.211. The first kappa shape index (κ1) is 14.0. The van der Waals surface area contributed by atoms with Crippen molar-refractivity contribution in [2.45, 2.75) is 33.1 Å². The van der Waals surface area contributed by atoms with Crippen LogP contribution in [0, 0.1) is 11.8 Å². The molecule has 0 aliphatic rings. The van der Waals surface area contributed by atoms with E-state index in [1.807, 2.05) is 13.0 Å². The van der Waals surface area contributed by atoms with Crippen molar-refractivity contribution < 1.29 is 4.79 Å². The number of carbonyl (C=O) groups is 1. The molecule has 0 unspecified atom stereocenters. The normalized spacial score (nSPS) is 10.5. The summed E-state index contributed by atoms with van der Waals surface area (Å²) >= 11 is 5.57. The summed E-state index contributed by atoms with van der Waals surface area (Å²) in [5.41, 5.74) is 1.93. The van der Waals surface area contributed by atoms with Crippen molar-refractivity contribution >= 4 is 17.4 Å². The van der Waals surface area contributed by atoms with Gasteiger partial charge >= 0.3 is 0 Å². The molecule has 0 aromatic heterocycles. The molecule has 0 radical (unpaired) electrons. The lowest BCUT2D eigenvalue weighted by atomic mass is 10.1. The number of Topliss-reactive ketones (excluding diaryl/α,β-unsaturated/α-hetero) is 1. The summed E-state index contributed by atoms with van der Waals surface area (Å²) in [6.45, 7) is 7.29. The SMILES string of the molecule is C=C(CCl)CC#CC(C)=CCCC(C)=O. The molecule has 0 saturated carbocycles. The van der Waals surface area contributed by atoms with E-state index in [-0.39, 0.29) is 5.78 Å². The lowest BCUT2D eigenvalue weighted by molar-refractivity contribution is -0.116. The van der Waals surface area contributed by atoms with E-state index in [2.05, 4.69) is 18.4 Å². The highest BCUT2D eigenvalue weighted by Crippen LogP contribution is 2.01. The van der Waals surface area contributed by atoms with Crippen LogP contribution < -0.4 is 0 Å². The highest BCUT2D eigenvalue weighted by atomic mass is 35.5. The topological polar surface area (TPSA) is 17.1 Å². The highest BCUT2D eigenvalue weighted by molar-refractivity contribution is 6.19. The monoisotopic (exact) mass is 224 g/mol. The van der Waals surface area contributed by atoms with E-state index in [9.17, 15) is 4.79 Å². The number of alkyl halides is 1. The fraction of sp³-hybridized carbons (Fsp3) is 0.462. The zero-order valence-electron chi connectivity index (χ0n) is 9.40. The maximum atomic E-state index is 10.7. The van der Waals surface area contributed by atoms with Crippen molar-refractivity contribution in [2.24, 2.45) is 0 Å². The van der Waals surface area contributed by atoms with E-state index in [0.717, 1.165) is 17.6 Å². The lowest BCUT2D eigenvalue weighted by Crippen LogP contribution is -1.87. The molecule has 0 heterocycles. The standard InChI is InChI=1S/C13H17ClO/c1-11(7-5-9-13(3)15)6-4-8-12(2)10-14/h7H,2,5,8-10H2,1,3H3. The zero-order valence-corrected chi connectivity index (χ0v) is 10.2. The molecule has 1 nitrogen and oxygen atoms in total. The average Bonchev–Trinajstić information content (AvgIpc) is 2.17. The Labute approximate surface area is 97.2 Å². The number of hydrogen-bond donors (Lipinski definition) is 0. The lowest BCUT2D eigenvalue weighted by Gasteiger charge is -1.92. The van der Waals surface area contributed by atoms with Crippen LogP contribution in [-0.4, -0.2) is 11.7 Å². The quantitative estimate of drug-likeness (QED) is 0.397. The molecule has 2 heteroatoms. The van der Waals surface area contributed by atoms with Crippen LogP contribution in [0.5, 0.6) is 0 Å². The Morgan fingerprint density at radius 3 is 2.67 bits per heavy atom. The number of halogens is 1. The molecule has 0 rings (SSSR count). The molecule has 15 heavy (non-hydrogen) atoms. The maximum absolute atomic E-state index is 10.7. The molecule has 0 aliphatic heterocycles. The summed E-state index contributed by atoms with van der Waals surface area (Å²) in [6.07, 6.45) is 3.99. The van der Waals surface area contributed by atoms with E-state index in [1.54, 1.807) is 6.92 Å². The number of hydrogen-bond acceptors (Lipinski definition) is 1. The Balaban J connectivity index is 3.94. The number of rotatable bonds is 5. The van der Waals surface area contributed by atoms with Crippen LogP contribution in [0.3, 0.4) is 0 Å². The van der Waals surface area contributed by atoms with Gasteiger partial charge in [-0.15, -0.1) is 11.6 Å². The van der Waals surface area contributed by atoms with Crippen molar-refractivity contribution in [1.82, 2.24) is 0 Å². The predicted molar refractivity (Wildman–Crippen MR) is 65.9 cm³/mol. The van der Waals surface area contributed by atoms with Gasteiger partial charge in [0.25, 0.3) is 0 Å².